The van der Waals surface area contributed by atoms with Gasteiger partial charge in [0.25, 0.3) is 0 Å². The molecule has 2 N–H and O–H groups in total. The Bertz CT molecular complexity index is 1030. The summed E-state index contributed by atoms with van der Waals surface area (Å²) in [6.45, 7) is -0.492. The largest absolute Gasteiger partial charge is 0.386 e. The van der Waals surface area contributed by atoms with E-state index in [2.05, 4.69) is 10.3 Å². The van der Waals surface area contributed by atoms with E-state index < -0.39 is 51.8 Å². The van der Waals surface area contributed by atoms with Crippen LogP contribution in [0.25, 0.3) is 5.65 Å². The number of benzene rings is 1. The van der Waals surface area contributed by atoms with Crippen LogP contribution in [0, 0.1) is 21.7 Å². The predicted molar refractivity (Wildman–Crippen MR) is 87.9 cm³/mol. The van der Waals surface area contributed by atoms with Crippen molar-refractivity contribution in [2.24, 2.45) is 0 Å². The monoisotopic (exact) mass is 362 g/mol. The van der Waals surface area contributed by atoms with E-state index in [0.717, 1.165) is 22.6 Å². The number of halogens is 2. The van der Waals surface area contributed by atoms with Gasteiger partial charge in [-0.2, -0.15) is 0 Å². The molecule has 0 fully saturated rings. The highest BCUT2D eigenvalue weighted by Crippen LogP contribution is 2.23. The van der Waals surface area contributed by atoms with Crippen LogP contribution < -0.4 is 10.9 Å². The molecule has 0 bridgehead atoms. The maximum absolute atomic E-state index is 13.7. The van der Waals surface area contributed by atoms with Gasteiger partial charge in [-0.15, -0.1) is 0 Å². The maximum Gasteiger partial charge on any atom is 0.376 e. The van der Waals surface area contributed by atoms with Gasteiger partial charge in [0, 0.05) is 12.7 Å². The lowest BCUT2D eigenvalue weighted by atomic mass is 10.1. The number of aromatic nitrogens is 2. The molecular formula is C16H12F2N4O4. The van der Waals surface area contributed by atoms with Crippen LogP contribution in [-0.4, -0.2) is 26.0 Å². The molecule has 1 atom stereocenters. The molecule has 26 heavy (non-hydrogen) atoms. The molecule has 0 aliphatic carbocycles. The predicted octanol–water partition coefficient (Wildman–Crippen LogP) is 2.03. The molecule has 2 heterocycles. The molecule has 0 radical (unpaired) electrons. The number of aliphatic hydroxyl groups is 1. The topological polar surface area (TPSA) is 110 Å². The van der Waals surface area contributed by atoms with Crippen LogP contribution in [0.4, 0.5) is 20.3 Å². The lowest BCUT2D eigenvalue weighted by Gasteiger charge is -2.14. The lowest BCUT2D eigenvalue weighted by molar-refractivity contribution is -0.385. The van der Waals surface area contributed by atoms with Crippen molar-refractivity contribution in [3.63, 3.8) is 0 Å². The Morgan fingerprint density at radius 1 is 1.23 bits per heavy atom. The van der Waals surface area contributed by atoms with Gasteiger partial charge >= 0.3 is 11.2 Å². The zero-order valence-electron chi connectivity index (χ0n) is 13.1. The second-order valence-corrected chi connectivity index (χ2v) is 5.33. The van der Waals surface area contributed by atoms with Crippen molar-refractivity contribution in [1.82, 2.24) is 9.38 Å². The lowest BCUT2D eigenvalue weighted by Crippen LogP contribution is -2.23. The minimum Gasteiger partial charge on any atom is -0.386 e. The molecule has 1 aromatic carbocycles. The average molecular weight is 362 g/mol. The smallest absolute Gasteiger partial charge is 0.376 e. The highest BCUT2D eigenvalue weighted by Gasteiger charge is 2.25. The fourth-order valence-electron chi connectivity index (χ4n) is 2.49. The third-order valence-corrected chi connectivity index (χ3v) is 3.69. The zero-order valence-corrected chi connectivity index (χ0v) is 13.1. The molecular weight excluding hydrogens is 350 g/mol. The molecule has 0 amide bonds. The van der Waals surface area contributed by atoms with Gasteiger partial charge in [-0.05, 0) is 24.3 Å². The quantitative estimate of drug-likeness (QED) is 0.531. The molecule has 0 aliphatic rings. The van der Waals surface area contributed by atoms with Crippen LogP contribution in [0.1, 0.15) is 11.7 Å². The third-order valence-electron chi connectivity index (χ3n) is 3.69. The van der Waals surface area contributed by atoms with Gasteiger partial charge in [0.2, 0.25) is 5.82 Å². The summed E-state index contributed by atoms with van der Waals surface area (Å²) in [7, 11) is 0. The summed E-state index contributed by atoms with van der Waals surface area (Å²) in [5, 5.41) is 23.7. The van der Waals surface area contributed by atoms with Crippen molar-refractivity contribution < 1.29 is 18.8 Å². The zero-order chi connectivity index (χ0) is 18.8. The Balaban J connectivity index is 1.97. The Morgan fingerprint density at radius 3 is 2.58 bits per heavy atom. The molecule has 10 heteroatoms. The van der Waals surface area contributed by atoms with Crippen molar-refractivity contribution >= 4 is 17.2 Å². The number of hydrogen-bond acceptors (Lipinski definition) is 6. The van der Waals surface area contributed by atoms with Gasteiger partial charge in [-0.25, -0.2) is 13.8 Å². The van der Waals surface area contributed by atoms with Gasteiger partial charge in [0.1, 0.15) is 23.4 Å². The van der Waals surface area contributed by atoms with Crippen molar-refractivity contribution in [2.75, 3.05) is 11.9 Å². The normalized spacial score (nSPS) is 12.1. The van der Waals surface area contributed by atoms with Crippen LogP contribution in [0.2, 0.25) is 0 Å². The standard InChI is InChI=1S/C16H12F2N4O4/c17-9-4-3-5-10(18)13(9)11(23)8-19-15-14(22(25)26)16(24)21-7-2-1-6-12(21)20-15/h1-7,11,19,23H,8H2. The first-order chi connectivity index (χ1) is 12.4. The number of nitrogens with zero attached hydrogens (tertiary/aromatic N) is 3. The van der Waals surface area contributed by atoms with Gasteiger partial charge in [0.05, 0.1) is 10.5 Å². The summed E-state index contributed by atoms with van der Waals surface area (Å²) >= 11 is 0. The van der Waals surface area contributed by atoms with Crippen LogP contribution in [0.3, 0.4) is 0 Å². The van der Waals surface area contributed by atoms with E-state index in [-0.39, 0.29) is 5.65 Å². The van der Waals surface area contributed by atoms with E-state index in [1.807, 2.05) is 0 Å². The first-order valence-corrected chi connectivity index (χ1v) is 7.41. The van der Waals surface area contributed by atoms with E-state index in [0.29, 0.717) is 0 Å². The van der Waals surface area contributed by atoms with Crippen molar-refractivity contribution in [3.05, 3.63) is 80.3 Å². The van der Waals surface area contributed by atoms with Crippen molar-refractivity contribution in [3.8, 4) is 0 Å². The number of aliphatic hydroxyl groups excluding tert-OH is 1. The summed E-state index contributed by atoms with van der Waals surface area (Å²) in [5.41, 5.74) is -2.21. The molecule has 3 rings (SSSR count). The van der Waals surface area contributed by atoms with E-state index >= 15 is 0 Å². The molecule has 134 valence electrons. The molecule has 0 saturated carbocycles. The van der Waals surface area contributed by atoms with E-state index in [1.165, 1.54) is 18.3 Å². The SMILES string of the molecule is O=c1c([N+](=O)[O-])c(NCC(O)c2c(F)cccc2F)nc2ccccn12. The first-order valence-electron chi connectivity index (χ1n) is 7.41. The van der Waals surface area contributed by atoms with E-state index in [1.54, 1.807) is 6.07 Å². The minimum atomic E-state index is -1.65. The van der Waals surface area contributed by atoms with Gasteiger partial charge in [0.15, 0.2) is 0 Å². The van der Waals surface area contributed by atoms with Gasteiger partial charge in [-0.3, -0.25) is 19.3 Å². The minimum absolute atomic E-state index is 0.136. The van der Waals surface area contributed by atoms with E-state index in [9.17, 15) is 28.8 Å². The fourth-order valence-corrected chi connectivity index (χ4v) is 2.49. The Hall–Kier alpha value is -3.40. The van der Waals surface area contributed by atoms with Gasteiger partial charge in [-0.1, -0.05) is 12.1 Å². The maximum atomic E-state index is 13.7. The first kappa shape index (κ1) is 17.4. The third kappa shape index (κ3) is 3.09. The molecule has 3 aromatic rings. The fraction of sp³-hybridized carbons (Fsp3) is 0.125. The number of rotatable bonds is 5. The Labute approximate surface area is 144 Å². The van der Waals surface area contributed by atoms with Crippen LogP contribution in [0.15, 0.2) is 47.4 Å². The highest BCUT2D eigenvalue weighted by atomic mass is 19.1. The van der Waals surface area contributed by atoms with Crippen molar-refractivity contribution in [1.29, 1.82) is 0 Å². The summed E-state index contributed by atoms with van der Waals surface area (Å²) < 4.78 is 28.4. The van der Waals surface area contributed by atoms with Gasteiger partial charge < -0.3 is 10.4 Å². The summed E-state index contributed by atoms with van der Waals surface area (Å²) in [6, 6.07) is 7.66. The second kappa shape index (κ2) is 6.84. The number of fused-ring (bicyclic) bond motifs is 1. The van der Waals surface area contributed by atoms with Crippen molar-refractivity contribution in [2.45, 2.75) is 6.10 Å². The van der Waals surface area contributed by atoms with E-state index in [4.69, 9.17) is 0 Å². The molecule has 0 saturated heterocycles. The number of pyridine rings is 1. The molecule has 1 unspecified atom stereocenters. The number of nitrogens with one attached hydrogen (secondary N) is 1. The summed E-state index contributed by atoms with van der Waals surface area (Å²) in [6.07, 6.45) is -0.322. The molecule has 2 aromatic heterocycles. The number of hydrogen-bond donors (Lipinski definition) is 2. The number of nitro groups is 1. The summed E-state index contributed by atoms with van der Waals surface area (Å²) in [4.78, 5) is 26.6. The second-order valence-electron chi connectivity index (χ2n) is 5.33. The van der Waals surface area contributed by atoms with Crippen LogP contribution >= 0.6 is 0 Å². The highest BCUT2D eigenvalue weighted by molar-refractivity contribution is 5.59. The molecule has 8 nitrogen and oxygen atoms in total. The van der Waals surface area contributed by atoms with Crippen LogP contribution in [0.5, 0.6) is 0 Å². The van der Waals surface area contributed by atoms with Crippen LogP contribution in [-0.2, 0) is 0 Å². The number of anilines is 1. The Morgan fingerprint density at radius 2 is 1.92 bits per heavy atom. The summed E-state index contributed by atoms with van der Waals surface area (Å²) in [5.74, 6) is -2.32. The average Bonchev–Trinajstić information content (AvgIpc) is 2.59. The molecule has 0 spiro atoms. The Kier molecular flexibility index (Phi) is 4.59. The molecule has 0 aliphatic heterocycles.